The number of carbonyl (C=O) groups is 1. The van der Waals surface area contributed by atoms with Crippen molar-refractivity contribution in [1.82, 2.24) is 5.32 Å². The van der Waals surface area contributed by atoms with E-state index in [2.05, 4.69) is 21.9 Å². The normalized spacial score (nSPS) is 14.8. The maximum atomic E-state index is 13.7. The van der Waals surface area contributed by atoms with Crippen LogP contribution in [0.4, 0.5) is 17.6 Å². The molecular weight excluding hydrogens is 436 g/mol. The smallest absolute Gasteiger partial charge is 0.332 e. The van der Waals surface area contributed by atoms with Gasteiger partial charge in [0, 0.05) is 12.7 Å². The lowest BCUT2D eigenvalue weighted by atomic mass is 10.1. The second-order valence-electron chi connectivity index (χ2n) is 6.43. The predicted molar refractivity (Wildman–Crippen MR) is 130 cm³/mol. The number of rotatable bonds is 10. The summed E-state index contributed by atoms with van der Waals surface area (Å²) in [6.45, 7) is 9.23. The number of halogens is 4. The first kappa shape index (κ1) is 29.8. The van der Waals surface area contributed by atoms with Gasteiger partial charge in [-0.15, -0.1) is 0 Å². The van der Waals surface area contributed by atoms with Crippen molar-refractivity contribution in [2.75, 3.05) is 0 Å². The molecule has 0 fully saturated rings. The summed E-state index contributed by atoms with van der Waals surface area (Å²) in [5.41, 5.74) is 5.64. The molecule has 1 rings (SSSR count). The van der Waals surface area contributed by atoms with E-state index in [-0.39, 0.29) is 19.3 Å². The number of aliphatic imine (C=N–C) groups is 2. The maximum absolute atomic E-state index is 13.7. The SMILES string of the molecule is C=CC(=N/C(=C/C)c1cccc(F)c1)[C@H](C)NC(=O)C(/C=C(\N)C(F)CC)=N\C(F)F.CC.[HH]. The van der Waals surface area contributed by atoms with Crippen molar-refractivity contribution in [3.8, 4) is 0 Å². The standard InChI is InChI=1S/C22H26F4N4O.C2H6.H2/c1-5-16(24)17(27)12-20(30-22(25)26)21(31)28-13(4)18(6-2)29-19(7-3)14-9-8-10-15(23)11-14;1-2;/h6-13,16,22H,2,5,27H2,1,3-4H3,(H,28,31);1-2H3;1H/b17-12-,19-7+,29-18?,30-20-;;/t13-,16?;;/m0../s1. The number of alkyl halides is 3. The molecule has 1 amide bonds. The number of hydrogen-bond acceptors (Lipinski definition) is 4. The molecule has 0 heterocycles. The largest absolute Gasteiger partial charge is 0.400 e. The molecule has 1 aromatic rings. The number of carbonyl (C=O) groups excluding carboxylic acids is 1. The molecule has 5 nitrogen and oxygen atoms in total. The predicted octanol–water partition coefficient (Wildman–Crippen LogP) is 5.84. The summed E-state index contributed by atoms with van der Waals surface area (Å²) in [4.78, 5) is 19.8. The summed E-state index contributed by atoms with van der Waals surface area (Å²) in [7, 11) is 0. The van der Waals surface area contributed by atoms with E-state index < -0.39 is 36.2 Å². The van der Waals surface area contributed by atoms with Gasteiger partial charge in [-0.05, 0) is 44.6 Å². The average molecular weight is 471 g/mol. The Labute approximate surface area is 194 Å². The first-order valence-electron chi connectivity index (χ1n) is 10.5. The van der Waals surface area contributed by atoms with Crippen LogP contribution in [0.5, 0.6) is 0 Å². The van der Waals surface area contributed by atoms with Crippen LogP contribution in [0.25, 0.3) is 5.70 Å². The fourth-order valence-electron chi connectivity index (χ4n) is 2.50. The van der Waals surface area contributed by atoms with Crippen molar-refractivity contribution in [3.63, 3.8) is 0 Å². The third-order valence-corrected chi connectivity index (χ3v) is 4.14. The molecule has 2 atom stereocenters. The Morgan fingerprint density at radius 3 is 2.42 bits per heavy atom. The number of nitrogens with two attached hydrogens (primary N) is 1. The van der Waals surface area contributed by atoms with Crippen LogP contribution >= 0.6 is 0 Å². The zero-order chi connectivity index (χ0) is 25.6. The summed E-state index contributed by atoms with van der Waals surface area (Å²) in [5.74, 6) is -1.43. The van der Waals surface area contributed by atoms with E-state index in [1.165, 1.54) is 31.2 Å². The minimum Gasteiger partial charge on any atom is -0.400 e. The van der Waals surface area contributed by atoms with Gasteiger partial charge in [0.2, 0.25) is 0 Å². The summed E-state index contributed by atoms with van der Waals surface area (Å²) < 4.78 is 52.7. The maximum Gasteiger partial charge on any atom is 0.332 e. The van der Waals surface area contributed by atoms with Gasteiger partial charge in [0.25, 0.3) is 5.91 Å². The van der Waals surface area contributed by atoms with Crippen LogP contribution in [-0.4, -0.2) is 36.1 Å². The molecule has 0 aliphatic rings. The fraction of sp³-hybridized carbons (Fsp3) is 0.375. The molecule has 3 N–H and O–H groups in total. The number of nitrogens with one attached hydrogen (secondary N) is 1. The monoisotopic (exact) mass is 470 g/mol. The number of hydrogen-bond donors (Lipinski definition) is 2. The van der Waals surface area contributed by atoms with Crippen LogP contribution in [0.3, 0.4) is 0 Å². The molecule has 0 aliphatic heterocycles. The Morgan fingerprint density at radius 1 is 1.30 bits per heavy atom. The number of amides is 1. The number of allylic oxidation sites excluding steroid dienone is 2. The molecule has 33 heavy (non-hydrogen) atoms. The van der Waals surface area contributed by atoms with Crippen molar-refractivity contribution < 1.29 is 23.8 Å². The molecule has 1 aromatic carbocycles. The fourth-order valence-corrected chi connectivity index (χ4v) is 2.50. The van der Waals surface area contributed by atoms with Gasteiger partial charge in [-0.3, -0.25) is 9.79 Å². The molecule has 0 bridgehead atoms. The van der Waals surface area contributed by atoms with Gasteiger partial charge in [0.15, 0.2) is 0 Å². The Balaban J connectivity index is 0. The summed E-state index contributed by atoms with van der Waals surface area (Å²) in [6, 6.07) is 5.00. The van der Waals surface area contributed by atoms with Crippen molar-refractivity contribution in [2.24, 2.45) is 15.7 Å². The first-order chi connectivity index (χ1) is 15.6. The van der Waals surface area contributed by atoms with Gasteiger partial charge in [0.05, 0.1) is 17.5 Å². The highest BCUT2D eigenvalue weighted by Gasteiger charge is 2.19. The molecule has 0 spiro atoms. The minimum absolute atomic E-state index is 0. The number of nitrogens with zero attached hydrogens (tertiary/aromatic N) is 2. The highest BCUT2D eigenvalue weighted by atomic mass is 19.3. The third kappa shape index (κ3) is 10.3. The van der Waals surface area contributed by atoms with E-state index >= 15 is 0 Å². The second-order valence-corrected chi connectivity index (χ2v) is 6.43. The summed E-state index contributed by atoms with van der Waals surface area (Å²) >= 11 is 0. The lowest BCUT2D eigenvalue weighted by molar-refractivity contribution is -0.115. The van der Waals surface area contributed by atoms with Gasteiger partial charge in [-0.25, -0.2) is 13.8 Å². The van der Waals surface area contributed by atoms with E-state index in [9.17, 15) is 22.4 Å². The van der Waals surface area contributed by atoms with Crippen molar-refractivity contribution in [1.29, 1.82) is 0 Å². The van der Waals surface area contributed by atoms with Crippen LogP contribution in [0.2, 0.25) is 0 Å². The molecule has 9 heteroatoms. The van der Waals surface area contributed by atoms with E-state index in [0.717, 1.165) is 6.08 Å². The lowest BCUT2D eigenvalue weighted by Gasteiger charge is -2.16. The third-order valence-electron chi connectivity index (χ3n) is 4.14. The Kier molecular flexibility index (Phi) is 14.0. The van der Waals surface area contributed by atoms with Crippen LogP contribution < -0.4 is 11.1 Å². The highest BCUT2D eigenvalue weighted by Crippen LogP contribution is 2.18. The topological polar surface area (TPSA) is 79.8 Å². The molecule has 0 saturated heterocycles. The van der Waals surface area contributed by atoms with Crippen LogP contribution in [0.15, 0.2) is 64.8 Å². The van der Waals surface area contributed by atoms with Gasteiger partial charge in [-0.1, -0.05) is 45.6 Å². The first-order valence-corrected chi connectivity index (χ1v) is 10.5. The van der Waals surface area contributed by atoms with Gasteiger partial charge in [-0.2, -0.15) is 8.78 Å². The average Bonchev–Trinajstić information content (AvgIpc) is 2.79. The van der Waals surface area contributed by atoms with Gasteiger partial charge >= 0.3 is 6.55 Å². The van der Waals surface area contributed by atoms with E-state index in [1.807, 2.05) is 13.8 Å². The Bertz CT molecular complexity index is 914. The Morgan fingerprint density at radius 2 is 1.94 bits per heavy atom. The van der Waals surface area contributed by atoms with E-state index in [0.29, 0.717) is 11.3 Å². The van der Waals surface area contributed by atoms with Gasteiger partial charge < -0.3 is 11.1 Å². The van der Waals surface area contributed by atoms with Crippen LogP contribution in [0.1, 0.15) is 48.0 Å². The van der Waals surface area contributed by atoms with Gasteiger partial charge in [0.1, 0.15) is 17.7 Å². The lowest BCUT2D eigenvalue weighted by Crippen LogP contribution is -2.41. The summed E-state index contributed by atoms with van der Waals surface area (Å²) in [6.07, 6.45) is 2.23. The van der Waals surface area contributed by atoms with Crippen LogP contribution in [-0.2, 0) is 4.79 Å². The Hall–Kier alpha value is -3.23. The molecule has 1 unspecified atom stereocenters. The molecular formula is C24H34F4N4O. The van der Waals surface area contributed by atoms with Crippen molar-refractivity contribution >= 4 is 23.0 Å². The molecule has 0 saturated carbocycles. The zero-order valence-corrected chi connectivity index (χ0v) is 19.6. The highest BCUT2D eigenvalue weighted by molar-refractivity contribution is 6.43. The van der Waals surface area contributed by atoms with Crippen molar-refractivity contribution in [3.05, 3.63) is 66.2 Å². The van der Waals surface area contributed by atoms with E-state index in [1.54, 1.807) is 26.0 Å². The second kappa shape index (κ2) is 15.6. The number of benzene rings is 1. The van der Waals surface area contributed by atoms with E-state index in [4.69, 9.17) is 5.73 Å². The summed E-state index contributed by atoms with van der Waals surface area (Å²) in [5, 5.41) is 2.46. The molecule has 0 radical (unpaired) electrons. The molecule has 0 aromatic heterocycles. The molecule has 0 aliphatic carbocycles. The van der Waals surface area contributed by atoms with Crippen molar-refractivity contribution in [2.45, 2.75) is 59.8 Å². The quantitative estimate of drug-likeness (QED) is 0.256. The molecule has 184 valence electrons. The zero-order valence-electron chi connectivity index (χ0n) is 19.6. The van der Waals surface area contributed by atoms with Crippen LogP contribution in [0, 0.1) is 5.82 Å². The minimum atomic E-state index is -3.19.